The van der Waals surface area contributed by atoms with E-state index in [1.807, 2.05) is 0 Å². The van der Waals surface area contributed by atoms with Gasteiger partial charge in [-0.25, -0.2) is 4.39 Å². The molecule has 1 aromatic heterocycles. The summed E-state index contributed by atoms with van der Waals surface area (Å²) in [5.74, 6) is -0.701. The Kier molecular flexibility index (Phi) is 4.13. The second kappa shape index (κ2) is 6.84. The Labute approximate surface area is 170 Å². The number of halogens is 1. The Morgan fingerprint density at radius 3 is 2.40 bits per heavy atom. The minimum atomic E-state index is -0.392. The van der Waals surface area contributed by atoms with Crippen LogP contribution in [0.4, 0.5) is 4.39 Å². The Balaban J connectivity index is 1.72. The van der Waals surface area contributed by atoms with Gasteiger partial charge in [-0.2, -0.15) is 0 Å². The van der Waals surface area contributed by atoms with Crippen LogP contribution in [0.15, 0.2) is 76.1 Å². The average Bonchev–Trinajstić information content (AvgIpc) is 2.74. The molecule has 0 bridgehead atoms. The first kappa shape index (κ1) is 18.1. The second-order valence-corrected chi connectivity index (χ2v) is 7.16. The van der Waals surface area contributed by atoms with Gasteiger partial charge in [0.15, 0.2) is 0 Å². The molecule has 148 valence electrons. The fourth-order valence-corrected chi connectivity index (χ4v) is 3.88. The number of phenolic OH excluding ortho intramolecular Hbond substituents is 1. The molecule has 6 heteroatoms. The number of phenols is 1. The van der Waals surface area contributed by atoms with Gasteiger partial charge in [0, 0.05) is 11.5 Å². The van der Waals surface area contributed by atoms with Gasteiger partial charge in [-0.05, 0) is 47.5 Å². The monoisotopic (exact) mass is 402 g/mol. The topological polar surface area (TPSA) is 76.7 Å². The van der Waals surface area contributed by atoms with Crippen molar-refractivity contribution in [3.05, 3.63) is 94.1 Å². The SMILES string of the molecule is O=C1CC(c2ccc(O)cc2)c2c(ccc3c(=O)c(-c4ccc(F)cc4)coc23)O1. The van der Waals surface area contributed by atoms with Gasteiger partial charge in [-0.1, -0.05) is 24.3 Å². The maximum Gasteiger partial charge on any atom is 0.312 e. The standard InChI is InChI=1S/C24H15FO5/c25-15-5-1-14(2-6-15)19-12-29-24-17(23(19)28)9-10-20-22(24)18(11-21(27)30-20)13-3-7-16(26)8-4-13/h1-10,12,18,26H,11H2. The van der Waals surface area contributed by atoms with Crippen LogP contribution >= 0.6 is 0 Å². The van der Waals surface area contributed by atoms with Crippen LogP contribution in [0.5, 0.6) is 11.5 Å². The summed E-state index contributed by atoms with van der Waals surface area (Å²) >= 11 is 0. The predicted octanol–water partition coefficient (Wildman–Crippen LogP) is 4.75. The highest BCUT2D eigenvalue weighted by atomic mass is 19.1. The lowest BCUT2D eigenvalue weighted by Crippen LogP contribution is -2.22. The van der Waals surface area contributed by atoms with E-state index in [9.17, 15) is 19.1 Å². The van der Waals surface area contributed by atoms with Gasteiger partial charge in [0.05, 0.1) is 17.4 Å². The molecule has 4 aromatic rings. The van der Waals surface area contributed by atoms with Crippen molar-refractivity contribution in [1.29, 1.82) is 0 Å². The molecule has 0 spiro atoms. The first-order valence-corrected chi connectivity index (χ1v) is 9.35. The number of hydrogen-bond donors (Lipinski definition) is 1. The molecule has 0 radical (unpaired) electrons. The third-order valence-corrected chi connectivity index (χ3v) is 5.33. The Morgan fingerprint density at radius 1 is 0.933 bits per heavy atom. The van der Waals surface area contributed by atoms with Crippen LogP contribution in [0, 0.1) is 5.82 Å². The maximum atomic E-state index is 13.2. The fraction of sp³-hybridized carbons (Fsp3) is 0.0833. The third-order valence-electron chi connectivity index (χ3n) is 5.33. The average molecular weight is 402 g/mol. The largest absolute Gasteiger partial charge is 0.508 e. The van der Waals surface area contributed by atoms with Gasteiger partial charge in [0.2, 0.25) is 5.43 Å². The van der Waals surface area contributed by atoms with Crippen molar-refractivity contribution in [2.75, 3.05) is 0 Å². The molecule has 0 amide bonds. The number of rotatable bonds is 2. The summed E-state index contributed by atoms with van der Waals surface area (Å²) in [6, 6.07) is 15.3. The minimum absolute atomic E-state index is 0.0836. The highest BCUT2D eigenvalue weighted by Gasteiger charge is 2.32. The summed E-state index contributed by atoms with van der Waals surface area (Å²) in [6.45, 7) is 0. The molecule has 2 heterocycles. The zero-order chi connectivity index (χ0) is 20.8. The summed E-state index contributed by atoms with van der Waals surface area (Å²) in [4.78, 5) is 25.3. The minimum Gasteiger partial charge on any atom is -0.508 e. The highest BCUT2D eigenvalue weighted by molar-refractivity contribution is 5.90. The summed E-state index contributed by atoms with van der Waals surface area (Å²) in [6.07, 6.45) is 1.43. The van der Waals surface area contributed by atoms with Crippen LogP contribution in [-0.2, 0) is 4.79 Å². The van der Waals surface area contributed by atoms with E-state index in [1.54, 1.807) is 36.4 Å². The lowest BCUT2D eigenvalue weighted by molar-refractivity contribution is -0.135. The first-order chi connectivity index (χ1) is 14.5. The van der Waals surface area contributed by atoms with Crippen molar-refractivity contribution in [2.24, 2.45) is 0 Å². The van der Waals surface area contributed by atoms with Crippen molar-refractivity contribution < 1.29 is 23.4 Å². The molecule has 0 saturated heterocycles. The summed E-state index contributed by atoms with van der Waals surface area (Å²) in [5, 5.41) is 9.94. The molecule has 5 nitrogen and oxygen atoms in total. The van der Waals surface area contributed by atoms with Gasteiger partial charge in [-0.15, -0.1) is 0 Å². The van der Waals surface area contributed by atoms with Crippen LogP contribution < -0.4 is 10.2 Å². The van der Waals surface area contributed by atoms with Gasteiger partial charge in [-0.3, -0.25) is 9.59 Å². The molecule has 1 N–H and O–H groups in total. The molecular formula is C24H15FO5. The van der Waals surface area contributed by atoms with Crippen LogP contribution in [0.2, 0.25) is 0 Å². The quantitative estimate of drug-likeness (QED) is 0.387. The molecule has 0 fully saturated rings. The molecule has 3 aromatic carbocycles. The van der Waals surface area contributed by atoms with Crippen LogP contribution in [-0.4, -0.2) is 11.1 Å². The number of esters is 1. The van der Waals surface area contributed by atoms with E-state index >= 15 is 0 Å². The number of benzene rings is 3. The van der Waals surface area contributed by atoms with Crippen molar-refractivity contribution in [3.63, 3.8) is 0 Å². The second-order valence-electron chi connectivity index (χ2n) is 7.16. The highest BCUT2D eigenvalue weighted by Crippen LogP contribution is 2.43. The van der Waals surface area contributed by atoms with E-state index in [4.69, 9.17) is 9.15 Å². The molecule has 30 heavy (non-hydrogen) atoms. The number of ether oxygens (including phenoxy) is 1. The van der Waals surface area contributed by atoms with Crippen LogP contribution in [0.1, 0.15) is 23.5 Å². The molecule has 1 aliphatic rings. The lowest BCUT2D eigenvalue weighted by Gasteiger charge is -2.25. The molecule has 0 aliphatic carbocycles. The zero-order valence-corrected chi connectivity index (χ0v) is 15.6. The van der Waals surface area contributed by atoms with E-state index in [1.165, 1.54) is 30.5 Å². The Bertz CT molecular complexity index is 1340. The van der Waals surface area contributed by atoms with Crippen molar-refractivity contribution in [3.8, 4) is 22.6 Å². The lowest BCUT2D eigenvalue weighted by atomic mass is 9.85. The van der Waals surface area contributed by atoms with Crippen molar-refractivity contribution in [2.45, 2.75) is 12.3 Å². The number of carbonyl (C=O) groups is 1. The normalized spacial score (nSPS) is 15.6. The summed E-state index contributed by atoms with van der Waals surface area (Å²) in [5.41, 5.74) is 2.35. The van der Waals surface area contributed by atoms with Crippen molar-refractivity contribution in [1.82, 2.24) is 0 Å². The molecule has 1 aliphatic heterocycles. The molecule has 5 rings (SSSR count). The van der Waals surface area contributed by atoms with Gasteiger partial charge in [0.1, 0.15) is 29.2 Å². The molecular weight excluding hydrogens is 387 g/mol. The van der Waals surface area contributed by atoms with E-state index in [0.29, 0.717) is 33.4 Å². The van der Waals surface area contributed by atoms with E-state index in [0.717, 1.165) is 5.56 Å². The molecule has 0 saturated carbocycles. The number of hydrogen-bond acceptors (Lipinski definition) is 5. The maximum absolute atomic E-state index is 13.2. The number of aromatic hydroxyl groups is 1. The van der Waals surface area contributed by atoms with Gasteiger partial charge >= 0.3 is 5.97 Å². The summed E-state index contributed by atoms with van der Waals surface area (Å²) in [7, 11) is 0. The Morgan fingerprint density at radius 2 is 1.67 bits per heavy atom. The third kappa shape index (κ3) is 2.93. The molecule has 1 unspecified atom stereocenters. The number of fused-ring (bicyclic) bond motifs is 3. The Hall–Kier alpha value is -3.93. The zero-order valence-electron chi connectivity index (χ0n) is 15.6. The first-order valence-electron chi connectivity index (χ1n) is 9.35. The van der Waals surface area contributed by atoms with Gasteiger partial charge < -0.3 is 14.3 Å². The van der Waals surface area contributed by atoms with Gasteiger partial charge in [0.25, 0.3) is 0 Å². The summed E-state index contributed by atoms with van der Waals surface area (Å²) < 4.78 is 24.5. The van der Waals surface area contributed by atoms with E-state index in [2.05, 4.69) is 0 Å². The smallest absolute Gasteiger partial charge is 0.312 e. The van der Waals surface area contributed by atoms with Crippen LogP contribution in [0.25, 0.3) is 22.1 Å². The van der Waals surface area contributed by atoms with Crippen molar-refractivity contribution >= 4 is 16.9 Å². The number of carbonyl (C=O) groups excluding carboxylic acids is 1. The fourth-order valence-electron chi connectivity index (χ4n) is 3.88. The van der Waals surface area contributed by atoms with E-state index in [-0.39, 0.29) is 29.5 Å². The van der Waals surface area contributed by atoms with Crippen LogP contribution in [0.3, 0.4) is 0 Å². The predicted molar refractivity (Wildman–Crippen MR) is 108 cm³/mol. The van der Waals surface area contributed by atoms with E-state index < -0.39 is 5.82 Å². The molecule has 1 atom stereocenters.